The van der Waals surface area contributed by atoms with Gasteiger partial charge in [0.15, 0.2) is 6.04 Å². The molecule has 0 aliphatic carbocycles. The third kappa shape index (κ3) is 2.26. The first-order valence-corrected chi connectivity index (χ1v) is 7.01. The molecule has 1 aromatic rings. The molecule has 0 bridgehead atoms. The Labute approximate surface area is 116 Å². The van der Waals surface area contributed by atoms with Gasteiger partial charge >= 0.3 is 0 Å². The fourth-order valence-corrected chi connectivity index (χ4v) is 3.12. The number of anilines is 1. The van der Waals surface area contributed by atoms with E-state index in [0.717, 1.165) is 25.9 Å². The molecule has 3 rings (SSSR count). The van der Waals surface area contributed by atoms with E-state index >= 15 is 0 Å². The fraction of sp³-hybridized carbons (Fsp3) is 0.429. The third-order valence-corrected chi connectivity index (χ3v) is 4.22. The van der Waals surface area contributed by atoms with Gasteiger partial charge in [0.2, 0.25) is 5.91 Å². The van der Waals surface area contributed by atoms with Crippen LogP contribution in [0.15, 0.2) is 24.3 Å². The summed E-state index contributed by atoms with van der Waals surface area (Å²) in [5, 5.41) is 0.601. The van der Waals surface area contributed by atoms with Gasteiger partial charge in [-0.05, 0) is 24.3 Å². The summed E-state index contributed by atoms with van der Waals surface area (Å²) in [4.78, 5) is 27.1. The Morgan fingerprint density at radius 1 is 1.11 bits per heavy atom. The SMILES string of the molecule is O=C1C[C@H]([NH+]2CCCC2)C(=O)N1c1ccc(Cl)cc1. The molecule has 4 nitrogen and oxygen atoms in total. The maximum atomic E-state index is 12.4. The molecule has 5 heteroatoms. The predicted octanol–water partition coefficient (Wildman–Crippen LogP) is 0.651. The minimum absolute atomic E-state index is 0.0655. The zero-order valence-corrected chi connectivity index (χ0v) is 11.3. The van der Waals surface area contributed by atoms with E-state index in [1.807, 2.05) is 0 Å². The molecule has 0 spiro atoms. The number of carbonyl (C=O) groups is 2. The first-order valence-electron chi connectivity index (χ1n) is 6.64. The molecule has 1 aromatic carbocycles. The highest BCUT2D eigenvalue weighted by atomic mass is 35.5. The minimum atomic E-state index is -0.189. The lowest BCUT2D eigenvalue weighted by Gasteiger charge is -2.19. The molecule has 0 radical (unpaired) electrons. The lowest BCUT2D eigenvalue weighted by Crippen LogP contribution is -3.14. The molecule has 2 fully saturated rings. The summed E-state index contributed by atoms with van der Waals surface area (Å²) >= 11 is 5.83. The molecule has 0 unspecified atom stereocenters. The molecule has 2 amide bonds. The van der Waals surface area contributed by atoms with E-state index in [-0.39, 0.29) is 17.9 Å². The quantitative estimate of drug-likeness (QED) is 0.808. The number of likely N-dealkylation sites (tertiary alicyclic amines) is 1. The van der Waals surface area contributed by atoms with Gasteiger partial charge in [0.1, 0.15) is 0 Å². The lowest BCUT2D eigenvalue weighted by atomic mass is 10.2. The van der Waals surface area contributed by atoms with Crippen LogP contribution in [-0.4, -0.2) is 30.9 Å². The van der Waals surface area contributed by atoms with E-state index in [1.54, 1.807) is 24.3 Å². The van der Waals surface area contributed by atoms with Crippen LogP contribution in [0.5, 0.6) is 0 Å². The van der Waals surface area contributed by atoms with Crippen LogP contribution in [0.1, 0.15) is 19.3 Å². The summed E-state index contributed by atoms with van der Waals surface area (Å²) in [6.07, 6.45) is 2.62. The van der Waals surface area contributed by atoms with Crippen LogP contribution in [0.3, 0.4) is 0 Å². The largest absolute Gasteiger partial charge is 0.324 e. The maximum Gasteiger partial charge on any atom is 0.292 e. The highest BCUT2D eigenvalue weighted by molar-refractivity contribution is 6.30. The normalized spacial score (nSPS) is 24.5. The molecule has 2 aliphatic heterocycles. The van der Waals surface area contributed by atoms with Gasteiger partial charge in [-0.25, -0.2) is 4.90 Å². The van der Waals surface area contributed by atoms with Crippen LogP contribution in [0.4, 0.5) is 5.69 Å². The van der Waals surface area contributed by atoms with E-state index < -0.39 is 0 Å². The predicted molar refractivity (Wildman–Crippen MR) is 72.3 cm³/mol. The summed E-state index contributed by atoms with van der Waals surface area (Å²) in [7, 11) is 0. The molecule has 2 saturated heterocycles. The van der Waals surface area contributed by atoms with E-state index in [9.17, 15) is 9.59 Å². The van der Waals surface area contributed by atoms with Crippen molar-refractivity contribution >= 4 is 29.1 Å². The fourth-order valence-electron chi connectivity index (χ4n) is 2.99. The van der Waals surface area contributed by atoms with E-state index in [1.165, 1.54) is 9.80 Å². The number of hydrogen-bond acceptors (Lipinski definition) is 2. The molecule has 0 aromatic heterocycles. The van der Waals surface area contributed by atoms with Crippen molar-refractivity contribution in [2.45, 2.75) is 25.3 Å². The van der Waals surface area contributed by atoms with Crippen molar-refractivity contribution in [1.29, 1.82) is 0 Å². The van der Waals surface area contributed by atoms with Crippen LogP contribution >= 0.6 is 11.6 Å². The number of nitrogens with one attached hydrogen (secondary N) is 1. The van der Waals surface area contributed by atoms with Crippen LogP contribution in [0, 0.1) is 0 Å². The molecule has 2 heterocycles. The molecule has 1 atom stereocenters. The monoisotopic (exact) mass is 279 g/mol. The van der Waals surface area contributed by atoms with Crippen LogP contribution in [0.25, 0.3) is 0 Å². The number of benzene rings is 1. The van der Waals surface area contributed by atoms with Crippen molar-refractivity contribution < 1.29 is 14.5 Å². The summed E-state index contributed by atoms with van der Waals surface area (Å²) < 4.78 is 0. The first kappa shape index (κ1) is 12.6. The summed E-state index contributed by atoms with van der Waals surface area (Å²) in [6.45, 7) is 2.00. The Kier molecular flexibility index (Phi) is 3.29. The second kappa shape index (κ2) is 4.94. The van der Waals surface area contributed by atoms with Gasteiger partial charge < -0.3 is 4.90 Å². The van der Waals surface area contributed by atoms with Crippen molar-refractivity contribution in [3.8, 4) is 0 Å². The van der Waals surface area contributed by atoms with Gasteiger partial charge in [0.05, 0.1) is 25.2 Å². The topological polar surface area (TPSA) is 41.8 Å². The number of nitrogens with zero attached hydrogens (tertiary/aromatic N) is 1. The molecular weight excluding hydrogens is 264 g/mol. The zero-order valence-electron chi connectivity index (χ0n) is 10.6. The van der Waals surface area contributed by atoms with Gasteiger partial charge in [0, 0.05) is 17.9 Å². The van der Waals surface area contributed by atoms with Crippen molar-refractivity contribution in [1.82, 2.24) is 0 Å². The average Bonchev–Trinajstić information content (AvgIpc) is 3.00. The van der Waals surface area contributed by atoms with Crippen LogP contribution in [-0.2, 0) is 9.59 Å². The standard InChI is InChI=1S/C14H15ClN2O2/c15-10-3-5-11(6-4-10)17-13(18)9-12(14(17)19)16-7-1-2-8-16/h3-6,12H,1-2,7-9H2/p+1/t12-/m0/s1. The van der Waals surface area contributed by atoms with E-state index in [0.29, 0.717) is 17.1 Å². The Morgan fingerprint density at radius 3 is 2.37 bits per heavy atom. The number of imide groups is 1. The van der Waals surface area contributed by atoms with Gasteiger partial charge in [-0.15, -0.1) is 0 Å². The van der Waals surface area contributed by atoms with Crippen LogP contribution < -0.4 is 9.80 Å². The summed E-state index contributed by atoms with van der Waals surface area (Å²) in [6, 6.07) is 6.66. The van der Waals surface area contributed by atoms with Gasteiger partial charge in [0.25, 0.3) is 5.91 Å². The number of hydrogen-bond donors (Lipinski definition) is 1. The second-order valence-corrected chi connectivity index (χ2v) is 5.60. The summed E-state index contributed by atoms with van der Waals surface area (Å²) in [5.74, 6) is -0.166. The lowest BCUT2D eigenvalue weighted by molar-refractivity contribution is -0.902. The number of quaternary nitrogens is 1. The second-order valence-electron chi connectivity index (χ2n) is 5.17. The smallest absolute Gasteiger partial charge is 0.292 e. The average molecular weight is 280 g/mol. The van der Waals surface area contributed by atoms with Crippen molar-refractivity contribution in [2.24, 2.45) is 0 Å². The molecule has 1 N–H and O–H groups in total. The Balaban J connectivity index is 1.84. The van der Waals surface area contributed by atoms with Crippen molar-refractivity contribution in [3.05, 3.63) is 29.3 Å². The highest BCUT2D eigenvalue weighted by Gasteiger charge is 2.46. The molecular formula is C14H16ClN2O2+. The Hall–Kier alpha value is -1.39. The third-order valence-electron chi connectivity index (χ3n) is 3.97. The summed E-state index contributed by atoms with van der Waals surface area (Å²) in [5.41, 5.74) is 0.625. The van der Waals surface area contributed by atoms with E-state index in [2.05, 4.69) is 0 Å². The molecule has 19 heavy (non-hydrogen) atoms. The highest BCUT2D eigenvalue weighted by Crippen LogP contribution is 2.23. The van der Waals surface area contributed by atoms with Gasteiger partial charge in [-0.2, -0.15) is 0 Å². The van der Waals surface area contributed by atoms with Gasteiger partial charge in [-0.1, -0.05) is 11.6 Å². The maximum absolute atomic E-state index is 12.4. The van der Waals surface area contributed by atoms with Crippen molar-refractivity contribution in [2.75, 3.05) is 18.0 Å². The molecule has 2 aliphatic rings. The number of halogens is 1. The first-order chi connectivity index (χ1) is 9.16. The van der Waals surface area contributed by atoms with Gasteiger partial charge in [-0.3, -0.25) is 9.59 Å². The number of carbonyl (C=O) groups excluding carboxylic acids is 2. The van der Waals surface area contributed by atoms with Crippen LogP contribution in [0.2, 0.25) is 5.02 Å². The number of amides is 2. The number of rotatable bonds is 2. The Bertz CT molecular complexity index is 509. The molecule has 0 saturated carbocycles. The molecule has 100 valence electrons. The minimum Gasteiger partial charge on any atom is -0.324 e. The Morgan fingerprint density at radius 2 is 1.74 bits per heavy atom. The zero-order chi connectivity index (χ0) is 13.4. The van der Waals surface area contributed by atoms with E-state index in [4.69, 9.17) is 11.6 Å². The van der Waals surface area contributed by atoms with Crippen molar-refractivity contribution in [3.63, 3.8) is 0 Å².